The molecule has 1 aromatic heterocycles. The molecular weight excluding hydrogens is 314 g/mol. The van der Waals surface area contributed by atoms with Crippen molar-refractivity contribution in [1.82, 2.24) is 9.78 Å². The minimum atomic E-state index is -0.340. The summed E-state index contributed by atoms with van der Waals surface area (Å²) < 4.78 is 1.32. The highest BCUT2D eigenvalue weighted by Crippen LogP contribution is 2.27. The maximum atomic E-state index is 12.6. The summed E-state index contributed by atoms with van der Waals surface area (Å²) in [5.74, 6) is -0.340. The number of carbonyl (C=O) groups excluding carboxylic acids is 1. The monoisotopic (exact) mass is 333 g/mol. The van der Waals surface area contributed by atoms with Gasteiger partial charge in [-0.3, -0.25) is 9.59 Å². The normalized spacial score (nSPS) is 10.4. The van der Waals surface area contributed by atoms with E-state index in [9.17, 15) is 9.59 Å². The molecule has 0 atom stereocenters. The first kappa shape index (κ1) is 16.6. The van der Waals surface area contributed by atoms with Crippen molar-refractivity contribution in [2.75, 3.05) is 5.32 Å². The predicted molar refractivity (Wildman–Crippen MR) is 98.6 cm³/mol. The molecule has 3 rings (SSSR count). The van der Waals surface area contributed by atoms with Gasteiger partial charge in [-0.05, 0) is 24.1 Å². The van der Waals surface area contributed by atoms with Gasteiger partial charge < -0.3 is 5.32 Å². The summed E-state index contributed by atoms with van der Waals surface area (Å²) in [6, 6.07) is 20.3. The fraction of sp³-hybridized carbons (Fsp3) is 0.150. The molecule has 5 heteroatoms. The maximum absolute atomic E-state index is 12.6. The van der Waals surface area contributed by atoms with Crippen LogP contribution >= 0.6 is 0 Å². The summed E-state index contributed by atoms with van der Waals surface area (Å²) in [7, 11) is 0. The van der Waals surface area contributed by atoms with Crippen LogP contribution in [0.1, 0.15) is 23.8 Å². The first-order valence-electron chi connectivity index (χ1n) is 8.23. The number of hydrogen-bond acceptors (Lipinski definition) is 3. The molecule has 0 radical (unpaired) electrons. The average Bonchev–Trinajstić information content (AvgIpc) is 2.65. The third-order valence-corrected chi connectivity index (χ3v) is 3.79. The van der Waals surface area contributed by atoms with Crippen molar-refractivity contribution < 1.29 is 4.79 Å². The van der Waals surface area contributed by atoms with E-state index in [4.69, 9.17) is 0 Å². The van der Waals surface area contributed by atoms with Crippen molar-refractivity contribution >= 4 is 11.6 Å². The molecular formula is C20H19N3O2. The third-order valence-electron chi connectivity index (χ3n) is 3.79. The van der Waals surface area contributed by atoms with Gasteiger partial charge in [0.2, 0.25) is 0 Å². The van der Waals surface area contributed by atoms with Crippen LogP contribution in [0.5, 0.6) is 0 Å². The van der Waals surface area contributed by atoms with Crippen molar-refractivity contribution in [3.05, 3.63) is 82.8 Å². The van der Waals surface area contributed by atoms with Gasteiger partial charge >= 0.3 is 0 Å². The van der Waals surface area contributed by atoms with E-state index in [1.165, 1.54) is 16.8 Å². The number of nitrogens with one attached hydrogen (secondary N) is 1. The number of amides is 1. The Morgan fingerprint density at radius 1 is 1.00 bits per heavy atom. The molecule has 25 heavy (non-hydrogen) atoms. The predicted octanol–water partition coefficient (Wildman–Crippen LogP) is 3.57. The highest BCUT2D eigenvalue weighted by Gasteiger charge is 2.12. The van der Waals surface area contributed by atoms with Crippen LogP contribution in [0.3, 0.4) is 0 Å². The largest absolute Gasteiger partial charge is 0.320 e. The van der Waals surface area contributed by atoms with E-state index >= 15 is 0 Å². The highest BCUT2D eigenvalue weighted by atomic mass is 16.2. The number of para-hydroxylation sites is 1. The minimum Gasteiger partial charge on any atom is -0.320 e. The van der Waals surface area contributed by atoms with Crippen LogP contribution in [0.15, 0.2) is 71.5 Å². The lowest BCUT2D eigenvalue weighted by atomic mass is 10.0. The zero-order valence-corrected chi connectivity index (χ0v) is 14.0. The Labute approximate surface area is 145 Å². The summed E-state index contributed by atoms with van der Waals surface area (Å²) in [4.78, 5) is 24.3. The first-order chi connectivity index (χ1) is 12.2. The van der Waals surface area contributed by atoms with Crippen molar-refractivity contribution in [2.45, 2.75) is 19.9 Å². The maximum Gasteiger partial charge on any atom is 0.276 e. The molecule has 0 saturated carbocycles. The zero-order chi connectivity index (χ0) is 17.6. The molecule has 1 N–H and O–H groups in total. The summed E-state index contributed by atoms with van der Waals surface area (Å²) in [6.45, 7) is 2.44. The fourth-order valence-electron chi connectivity index (χ4n) is 2.59. The molecule has 0 aliphatic carbocycles. The molecule has 5 nitrogen and oxygen atoms in total. The van der Waals surface area contributed by atoms with E-state index in [2.05, 4.69) is 10.4 Å². The molecule has 0 saturated heterocycles. The van der Waals surface area contributed by atoms with Crippen LogP contribution in [0.2, 0.25) is 0 Å². The summed E-state index contributed by atoms with van der Waals surface area (Å²) in [5.41, 5.74) is 2.66. The van der Waals surface area contributed by atoms with Gasteiger partial charge in [-0.25, -0.2) is 4.68 Å². The lowest BCUT2D eigenvalue weighted by molar-refractivity contribution is 0.102. The van der Waals surface area contributed by atoms with Crippen LogP contribution in [0, 0.1) is 0 Å². The molecule has 0 aliphatic heterocycles. The molecule has 126 valence electrons. The minimum absolute atomic E-state index is 0.205. The number of carbonyl (C=O) groups is 1. The second-order valence-corrected chi connectivity index (χ2v) is 5.65. The second-order valence-electron chi connectivity index (χ2n) is 5.65. The number of nitrogens with zero attached hydrogens (tertiary/aromatic N) is 2. The van der Waals surface area contributed by atoms with Gasteiger partial charge in [-0.1, -0.05) is 55.5 Å². The number of aromatic nitrogens is 2. The number of rotatable bonds is 5. The van der Waals surface area contributed by atoms with E-state index in [1.54, 1.807) is 0 Å². The van der Waals surface area contributed by atoms with Crippen molar-refractivity contribution in [3.8, 4) is 11.1 Å². The summed E-state index contributed by atoms with van der Waals surface area (Å²) in [5, 5.41) is 7.05. The molecule has 0 aliphatic rings. The van der Waals surface area contributed by atoms with E-state index in [0.29, 0.717) is 12.2 Å². The molecule has 0 unspecified atom stereocenters. The molecule has 0 bridgehead atoms. The van der Waals surface area contributed by atoms with Gasteiger partial charge in [0.05, 0.1) is 0 Å². The molecule has 1 heterocycles. The molecule has 3 aromatic rings. The smallest absolute Gasteiger partial charge is 0.276 e. The second kappa shape index (κ2) is 7.57. The SMILES string of the molecule is CCCn1nc(C(=O)Nc2ccccc2-c2ccccc2)ccc1=O. The van der Waals surface area contributed by atoms with E-state index in [1.807, 2.05) is 61.5 Å². The van der Waals surface area contributed by atoms with E-state index in [-0.39, 0.29) is 17.2 Å². The quantitative estimate of drug-likeness (QED) is 0.776. The number of benzene rings is 2. The van der Waals surface area contributed by atoms with Gasteiger partial charge in [0.15, 0.2) is 0 Å². The Hall–Kier alpha value is -3.21. The van der Waals surface area contributed by atoms with E-state index < -0.39 is 0 Å². The van der Waals surface area contributed by atoms with Gasteiger partial charge in [0.1, 0.15) is 5.69 Å². The molecule has 2 aromatic carbocycles. The van der Waals surface area contributed by atoms with Crippen LogP contribution in [-0.2, 0) is 6.54 Å². The Morgan fingerprint density at radius 3 is 2.48 bits per heavy atom. The fourth-order valence-corrected chi connectivity index (χ4v) is 2.59. The van der Waals surface area contributed by atoms with Crippen molar-refractivity contribution in [3.63, 3.8) is 0 Å². The van der Waals surface area contributed by atoms with Gasteiger partial charge in [0, 0.05) is 23.9 Å². The van der Waals surface area contributed by atoms with Crippen LogP contribution in [0.4, 0.5) is 5.69 Å². The molecule has 0 spiro atoms. The van der Waals surface area contributed by atoms with Gasteiger partial charge in [0.25, 0.3) is 11.5 Å². The number of anilines is 1. The van der Waals surface area contributed by atoms with Crippen molar-refractivity contribution in [2.24, 2.45) is 0 Å². The van der Waals surface area contributed by atoms with Crippen LogP contribution in [0.25, 0.3) is 11.1 Å². The lowest BCUT2D eigenvalue weighted by Gasteiger charge is -2.11. The zero-order valence-electron chi connectivity index (χ0n) is 14.0. The number of hydrogen-bond donors (Lipinski definition) is 1. The topological polar surface area (TPSA) is 64.0 Å². The van der Waals surface area contributed by atoms with Crippen LogP contribution < -0.4 is 10.9 Å². The standard InChI is InChI=1S/C20H19N3O2/c1-2-14-23-19(24)13-12-18(22-23)20(25)21-17-11-7-6-10-16(17)15-8-4-3-5-9-15/h3-13H,2,14H2,1H3,(H,21,25). The Kier molecular flexibility index (Phi) is 5.04. The first-order valence-corrected chi connectivity index (χ1v) is 8.23. The highest BCUT2D eigenvalue weighted by molar-refractivity contribution is 6.04. The average molecular weight is 333 g/mol. The van der Waals surface area contributed by atoms with Crippen LogP contribution in [-0.4, -0.2) is 15.7 Å². The summed E-state index contributed by atoms with van der Waals surface area (Å²) in [6.07, 6.45) is 0.773. The third kappa shape index (κ3) is 3.83. The molecule has 0 fully saturated rings. The molecule has 1 amide bonds. The van der Waals surface area contributed by atoms with Gasteiger partial charge in [-0.2, -0.15) is 5.10 Å². The Morgan fingerprint density at radius 2 is 1.72 bits per heavy atom. The Balaban J connectivity index is 1.90. The Bertz CT molecular complexity index is 933. The van der Waals surface area contributed by atoms with E-state index in [0.717, 1.165) is 17.5 Å². The lowest BCUT2D eigenvalue weighted by Crippen LogP contribution is -2.26. The van der Waals surface area contributed by atoms with Crippen molar-refractivity contribution in [1.29, 1.82) is 0 Å². The van der Waals surface area contributed by atoms with Gasteiger partial charge in [-0.15, -0.1) is 0 Å². The number of aryl methyl sites for hydroxylation is 1. The summed E-state index contributed by atoms with van der Waals surface area (Å²) >= 11 is 0.